The highest BCUT2D eigenvalue weighted by atomic mass is 16.6. The third-order valence-corrected chi connectivity index (χ3v) is 3.69. The summed E-state index contributed by atoms with van der Waals surface area (Å²) < 4.78 is 5.65. The molecule has 0 spiro atoms. The fourth-order valence-electron chi connectivity index (χ4n) is 2.53. The van der Waals surface area contributed by atoms with Gasteiger partial charge in [0.2, 0.25) is 5.89 Å². The number of aliphatic hydroxyl groups is 1. The topological polar surface area (TPSA) is 92.6 Å². The van der Waals surface area contributed by atoms with Gasteiger partial charge < -0.3 is 9.52 Å². The first-order valence-corrected chi connectivity index (χ1v) is 7.48. The summed E-state index contributed by atoms with van der Waals surface area (Å²) in [6.07, 6.45) is -0.834. The molecule has 0 aliphatic rings. The van der Waals surface area contributed by atoms with Crippen molar-refractivity contribution in [3.63, 3.8) is 0 Å². The summed E-state index contributed by atoms with van der Waals surface area (Å²) in [6.45, 7) is 0.737. The van der Waals surface area contributed by atoms with E-state index in [9.17, 15) is 15.2 Å². The third-order valence-electron chi connectivity index (χ3n) is 3.69. The first-order valence-electron chi connectivity index (χ1n) is 7.48. The van der Waals surface area contributed by atoms with Crippen LogP contribution < -0.4 is 0 Å². The van der Waals surface area contributed by atoms with Crippen LogP contribution in [0.15, 0.2) is 52.9 Å². The van der Waals surface area contributed by atoms with Crippen molar-refractivity contribution in [1.29, 1.82) is 0 Å². The van der Waals surface area contributed by atoms with E-state index in [4.69, 9.17) is 4.42 Å². The number of fused-ring (bicyclic) bond motifs is 1. The monoisotopic (exact) mass is 327 g/mol. The lowest BCUT2D eigenvalue weighted by Gasteiger charge is -2.19. The number of rotatable bonds is 6. The first-order chi connectivity index (χ1) is 11.5. The van der Waals surface area contributed by atoms with Gasteiger partial charge in [-0.25, -0.2) is 4.98 Å². The van der Waals surface area contributed by atoms with Crippen LogP contribution in [0.4, 0.5) is 5.69 Å². The van der Waals surface area contributed by atoms with E-state index in [0.29, 0.717) is 24.5 Å². The molecule has 1 aromatic heterocycles. The standard InChI is InChI=1S/C17H17N3O4/c1-19(11-17-18-14-7-2-3-8-16(14)24-17)10-15(21)12-5-4-6-13(9-12)20(22)23/h2-9,15,21H,10-11H2,1H3. The Balaban J connectivity index is 1.66. The van der Waals surface area contributed by atoms with E-state index in [2.05, 4.69) is 4.98 Å². The lowest BCUT2D eigenvalue weighted by Crippen LogP contribution is -2.24. The van der Waals surface area contributed by atoms with Crippen LogP contribution in [0.25, 0.3) is 11.1 Å². The van der Waals surface area contributed by atoms with E-state index >= 15 is 0 Å². The molecule has 3 rings (SSSR count). The minimum Gasteiger partial charge on any atom is -0.439 e. The maximum Gasteiger partial charge on any atom is 0.269 e. The van der Waals surface area contributed by atoms with Gasteiger partial charge in [0.05, 0.1) is 17.6 Å². The number of nitrogens with zero attached hydrogens (tertiary/aromatic N) is 3. The summed E-state index contributed by atoms with van der Waals surface area (Å²) in [5.74, 6) is 0.560. The molecule has 7 nitrogen and oxygen atoms in total. The second-order valence-electron chi connectivity index (χ2n) is 5.64. The number of hydrogen-bond donors (Lipinski definition) is 1. The summed E-state index contributed by atoms with van der Waals surface area (Å²) >= 11 is 0. The molecular formula is C17H17N3O4. The van der Waals surface area contributed by atoms with Crippen LogP contribution in [0.2, 0.25) is 0 Å². The third kappa shape index (κ3) is 3.58. The van der Waals surface area contributed by atoms with Crippen LogP contribution in [0.1, 0.15) is 17.6 Å². The van der Waals surface area contributed by atoms with Crippen molar-refractivity contribution in [3.8, 4) is 0 Å². The Morgan fingerprint density at radius 2 is 2.08 bits per heavy atom. The fraction of sp³-hybridized carbons (Fsp3) is 0.235. The molecule has 2 aromatic carbocycles. The van der Waals surface area contributed by atoms with E-state index < -0.39 is 11.0 Å². The number of nitro groups is 1. The lowest BCUT2D eigenvalue weighted by atomic mass is 10.1. The number of likely N-dealkylation sites (N-methyl/N-ethyl adjacent to an activating group) is 1. The molecule has 0 radical (unpaired) electrons. The van der Waals surface area contributed by atoms with Crippen LogP contribution >= 0.6 is 0 Å². The molecule has 1 unspecified atom stereocenters. The van der Waals surface area contributed by atoms with Crippen molar-refractivity contribution >= 4 is 16.8 Å². The average Bonchev–Trinajstić information content (AvgIpc) is 2.96. The van der Waals surface area contributed by atoms with Gasteiger partial charge in [-0.1, -0.05) is 24.3 Å². The molecule has 0 bridgehead atoms. The van der Waals surface area contributed by atoms with Crippen molar-refractivity contribution in [2.75, 3.05) is 13.6 Å². The van der Waals surface area contributed by atoms with Crippen molar-refractivity contribution in [2.24, 2.45) is 0 Å². The maximum absolute atomic E-state index is 10.8. The summed E-state index contributed by atoms with van der Waals surface area (Å²) in [6, 6.07) is 13.5. The molecule has 124 valence electrons. The van der Waals surface area contributed by atoms with Gasteiger partial charge in [0.1, 0.15) is 5.52 Å². The van der Waals surface area contributed by atoms with Gasteiger partial charge in [-0.05, 0) is 24.7 Å². The van der Waals surface area contributed by atoms with Crippen LogP contribution in [-0.4, -0.2) is 33.5 Å². The number of oxazole rings is 1. The van der Waals surface area contributed by atoms with E-state index in [1.54, 1.807) is 12.1 Å². The van der Waals surface area contributed by atoms with Crippen molar-refractivity contribution < 1.29 is 14.4 Å². The molecule has 0 saturated heterocycles. The molecule has 0 aliphatic heterocycles. The SMILES string of the molecule is CN(Cc1nc2ccccc2o1)CC(O)c1cccc([N+](=O)[O-])c1. The number of aromatic nitrogens is 1. The van der Waals surface area contributed by atoms with Gasteiger partial charge in [0, 0.05) is 18.7 Å². The van der Waals surface area contributed by atoms with Crippen LogP contribution in [0, 0.1) is 10.1 Å². The molecule has 3 aromatic rings. The Labute approximate surface area is 138 Å². The molecule has 0 fully saturated rings. The zero-order valence-electron chi connectivity index (χ0n) is 13.1. The largest absolute Gasteiger partial charge is 0.439 e. The second kappa shape index (κ2) is 6.77. The molecule has 1 N–H and O–H groups in total. The summed E-state index contributed by atoms with van der Waals surface area (Å²) in [7, 11) is 1.83. The Kier molecular flexibility index (Phi) is 4.54. The number of benzene rings is 2. The van der Waals surface area contributed by atoms with Crippen molar-refractivity contribution in [3.05, 3.63) is 70.1 Å². The molecular weight excluding hydrogens is 310 g/mol. The van der Waals surface area contributed by atoms with Gasteiger partial charge in [-0.15, -0.1) is 0 Å². The molecule has 1 atom stereocenters. The van der Waals surface area contributed by atoms with E-state index in [1.807, 2.05) is 36.2 Å². The van der Waals surface area contributed by atoms with Gasteiger partial charge in [-0.2, -0.15) is 0 Å². The molecule has 0 amide bonds. The van der Waals surface area contributed by atoms with E-state index in [-0.39, 0.29) is 5.69 Å². The highest BCUT2D eigenvalue weighted by Crippen LogP contribution is 2.21. The number of para-hydroxylation sites is 2. The average molecular weight is 327 g/mol. The minimum atomic E-state index is -0.834. The van der Waals surface area contributed by atoms with Gasteiger partial charge in [-0.3, -0.25) is 15.0 Å². The summed E-state index contributed by atoms with van der Waals surface area (Å²) in [4.78, 5) is 16.6. The molecule has 0 aliphatic carbocycles. The lowest BCUT2D eigenvalue weighted by molar-refractivity contribution is -0.385. The number of non-ortho nitro benzene ring substituents is 1. The molecule has 7 heteroatoms. The molecule has 1 heterocycles. The van der Waals surface area contributed by atoms with E-state index in [1.165, 1.54) is 12.1 Å². The van der Waals surface area contributed by atoms with Crippen LogP contribution in [-0.2, 0) is 6.54 Å². The Hall–Kier alpha value is -2.77. The van der Waals surface area contributed by atoms with Crippen LogP contribution in [0.5, 0.6) is 0 Å². The highest BCUT2D eigenvalue weighted by molar-refractivity contribution is 5.72. The smallest absolute Gasteiger partial charge is 0.269 e. The Morgan fingerprint density at radius 3 is 2.83 bits per heavy atom. The predicted molar refractivity (Wildman–Crippen MR) is 88.4 cm³/mol. The summed E-state index contributed by atoms with van der Waals surface area (Å²) in [5.41, 5.74) is 1.99. The summed E-state index contributed by atoms with van der Waals surface area (Å²) in [5, 5.41) is 21.1. The molecule has 0 saturated carbocycles. The zero-order chi connectivity index (χ0) is 17.1. The quantitative estimate of drug-likeness (QED) is 0.553. The van der Waals surface area contributed by atoms with Gasteiger partial charge in [0.25, 0.3) is 5.69 Å². The van der Waals surface area contributed by atoms with Crippen LogP contribution in [0.3, 0.4) is 0 Å². The minimum absolute atomic E-state index is 0.0341. The second-order valence-corrected chi connectivity index (χ2v) is 5.64. The Morgan fingerprint density at radius 1 is 1.29 bits per heavy atom. The molecule has 24 heavy (non-hydrogen) atoms. The highest BCUT2D eigenvalue weighted by Gasteiger charge is 2.16. The normalized spacial score (nSPS) is 12.6. The fourth-order valence-corrected chi connectivity index (χ4v) is 2.53. The zero-order valence-corrected chi connectivity index (χ0v) is 13.1. The van der Waals surface area contributed by atoms with Gasteiger partial charge in [0.15, 0.2) is 5.58 Å². The number of hydrogen-bond acceptors (Lipinski definition) is 6. The first kappa shape index (κ1) is 16.1. The number of nitro benzene ring substituents is 1. The predicted octanol–water partition coefficient (Wildman–Crippen LogP) is 2.90. The van der Waals surface area contributed by atoms with Crippen molar-refractivity contribution in [1.82, 2.24) is 9.88 Å². The maximum atomic E-state index is 10.8. The van der Waals surface area contributed by atoms with Crippen molar-refractivity contribution in [2.45, 2.75) is 12.6 Å². The van der Waals surface area contributed by atoms with Gasteiger partial charge >= 0.3 is 0 Å². The Bertz CT molecular complexity index is 829. The van der Waals surface area contributed by atoms with E-state index in [0.717, 1.165) is 11.1 Å². The number of aliphatic hydroxyl groups excluding tert-OH is 1.